The van der Waals surface area contributed by atoms with Gasteiger partial charge in [-0.25, -0.2) is 4.98 Å². The van der Waals surface area contributed by atoms with Crippen LogP contribution in [0.25, 0.3) is 11.3 Å². The van der Waals surface area contributed by atoms with Crippen molar-refractivity contribution in [2.24, 2.45) is 0 Å². The maximum absolute atomic E-state index is 13.6. The molecule has 1 atom stereocenters. The highest BCUT2D eigenvalue weighted by atomic mass is 32.2. The first-order chi connectivity index (χ1) is 19.9. The van der Waals surface area contributed by atoms with Crippen molar-refractivity contribution in [3.05, 3.63) is 76.8 Å². The normalized spacial score (nSPS) is 11.7. The summed E-state index contributed by atoms with van der Waals surface area (Å²) in [6, 6.07) is 18.8. The first-order valence-electron chi connectivity index (χ1n) is 14.8. The molecule has 7 nitrogen and oxygen atoms in total. The van der Waals surface area contributed by atoms with Gasteiger partial charge < -0.3 is 4.74 Å². The van der Waals surface area contributed by atoms with E-state index in [9.17, 15) is 14.4 Å². The lowest BCUT2D eigenvalue weighted by molar-refractivity contribution is -0.142. The van der Waals surface area contributed by atoms with Gasteiger partial charge in [0.15, 0.2) is 0 Å². The number of ether oxygens (including phenoxy) is 1. The minimum atomic E-state index is -0.290. The Morgan fingerprint density at radius 1 is 0.951 bits per heavy atom. The van der Waals surface area contributed by atoms with Gasteiger partial charge in [-0.2, -0.15) is 0 Å². The van der Waals surface area contributed by atoms with Crippen LogP contribution in [-0.4, -0.2) is 33.3 Å². The smallest absolute Gasteiger partial charge is 0.319 e. The Labute approximate surface area is 248 Å². The highest BCUT2D eigenvalue weighted by molar-refractivity contribution is 8.00. The second-order valence-electron chi connectivity index (χ2n) is 9.93. The maximum Gasteiger partial charge on any atom is 0.319 e. The Kier molecular flexibility index (Phi) is 13.1. The zero-order chi connectivity index (χ0) is 29.6. The lowest BCUT2D eigenvalue weighted by atomic mass is 10.1. The van der Waals surface area contributed by atoms with E-state index in [1.54, 1.807) is 22.5 Å². The molecule has 0 bridgehead atoms. The highest BCUT2D eigenvalue weighted by Gasteiger charge is 2.21. The topological polar surface area (TPSA) is 81.5 Å². The fourth-order valence-corrected chi connectivity index (χ4v) is 5.55. The zero-order valence-corrected chi connectivity index (χ0v) is 25.6. The van der Waals surface area contributed by atoms with Crippen LogP contribution in [0.15, 0.2) is 70.4 Å². The van der Waals surface area contributed by atoms with Gasteiger partial charge in [0.1, 0.15) is 17.7 Å². The molecule has 1 heterocycles. The number of thioether (sulfide) groups is 1. The van der Waals surface area contributed by atoms with E-state index in [1.165, 1.54) is 11.8 Å². The average molecular weight is 578 g/mol. The van der Waals surface area contributed by atoms with Crippen LogP contribution < -0.4 is 10.5 Å². The van der Waals surface area contributed by atoms with E-state index in [0.717, 1.165) is 42.6 Å². The summed E-state index contributed by atoms with van der Waals surface area (Å²) in [5.74, 6) is 0.382. The summed E-state index contributed by atoms with van der Waals surface area (Å²) in [6.45, 7) is 8.34. The van der Waals surface area contributed by atoms with E-state index >= 15 is 0 Å². The first-order valence-corrected chi connectivity index (χ1v) is 15.7. The summed E-state index contributed by atoms with van der Waals surface area (Å²) >= 11 is 1.46. The van der Waals surface area contributed by atoms with Gasteiger partial charge in [0.05, 0.1) is 12.3 Å². The van der Waals surface area contributed by atoms with Gasteiger partial charge in [0, 0.05) is 35.1 Å². The minimum Gasteiger partial charge on any atom is -0.465 e. The minimum absolute atomic E-state index is 0.0269. The van der Waals surface area contributed by atoms with Crippen LogP contribution in [0.2, 0.25) is 0 Å². The third kappa shape index (κ3) is 9.32. The molecule has 0 saturated carbocycles. The van der Waals surface area contributed by atoms with Crippen molar-refractivity contribution >= 4 is 29.3 Å². The summed E-state index contributed by atoms with van der Waals surface area (Å²) in [6.07, 6.45) is 6.85. The molecule has 0 aliphatic rings. The lowest BCUT2D eigenvalue weighted by Crippen LogP contribution is -2.38. The number of esters is 1. The predicted molar refractivity (Wildman–Crippen MR) is 167 cm³/mol. The SMILES string of the molecule is CCCCCCCC(=O)N(Cn1c(CC)nc(-c2ccccc2)cc1=O)c1ccc(SC(CC)C(=O)OCC)cc1. The molecule has 0 radical (unpaired) electrons. The fourth-order valence-electron chi connectivity index (χ4n) is 4.59. The summed E-state index contributed by atoms with van der Waals surface area (Å²) in [4.78, 5) is 46.6. The van der Waals surface area contributed by atoms with Crippen molar-refractivity contribution in [1.82, 2.24) is 9.55 Å². The number of benzene rings is 2. The Balaban J connectivity index is 1.89. The van der Waals surface area contributed by atoms with E-state index in [2.05, 4.69) is 6.92 Å². The van der Waals surface area contributed by atoms with E-state index in [0.29, 0.717) is 43.1 Å². The Morgan fingerprint density at radius 2 is 1.66 bits per heavy atom. The third-order valence-corrected chi connectivity index (χ3v) is 8.25. The summed E-state index contributed by atoms with van der Waals surface area (Å²) < 4.78 is 6.80. The van der Waals surface area contributed by atoms with Crippen LogP contribution in [0, 0.1) is 0 Å². The molecule has 41 heavy (non-hydrogen) atoms. The average Bonchev–Trinajstić information content (AvgIpc) is 2.99. The molecule has 0 aliphatic heterocycles. The number of amides is 1. The Bertz CT molecular complexity index is 1310. The second kappa shape index (κ2) is 16.8. The van der Waals surface area contributed by atoms with Crippen LogP contribution in [-0.2, 0) is 27.4 Å². The molecule has 1 amide bonds. The third-order valence-electron chi connectivity index (χ3n) is 6.90. The van der Waals surface area contributed by atoms with E-state index in [1.807, 2.05) is 68.4 Å². The number of hydrogen-bond acceptors (Lipinski definition) is 6. The van der Waals surface area contributed by atoms with Crippen molar-refractivity contribution in [3.63, 3.8) is 0 Å². The molecule has 2 aromatic carbocycles. The van der Waals surface area contributed by atoms with Crippen LogP contribution in [0.3, 0.4) is 0 Å². The quantitative estimate of drug-likeness (QED) is 0.101. The van der Waals surface area contributed by atoms with Gasteiger partial charge in [-0.15, -0.1) is 11.8 Å². The number of carbonyl (C=O) groups excluding carboxylic acids is 2. The van der Waals surface area contributed by atoms with Crippen molar-refractivity contribution in [1.29, 1.82) is 0 Å². The fraction of sp³-hybridized carbons (Fsp3) is 0.455. The number of aromatic nitrogens is 2. The first kappa shape index (κ1) is 32.1. The number of hydrogen-bond donors (Lipinski definition) is 0. The number of aryl methyl sites for hydroxylation is 1. The number of rotatable bonds is 16. The van der Waals surface area contributed by atoms with Gasteiger partial charge in [0.25, 0.3) is 5.56 Å². The number of nitrogens with zero attached hydrogens (tertiary/aromatic N) is 3. The molecule has 8 heteroatoms. The molecule has 0 saturated heterocycles. The number of unbranched alkanes of at least 4 members (excludes halogenated alkanes) is 4. The largest absolute Gasteiger partial charge is 0.465 e. The van der Waals surface area contributed by atoms with Gasteiger partial charge in [-0.1, -0.05) is 76.8 Å². The summed E-state index contributed by atoms with van der Waals surface area (Å²) in [5, 5.41) is -0.290. The standard InChI is InChI=1S/C33H43N3O4S/c1-5-9-10-11-15-18-31(37)35(26-19-21-27(22-20-26)41-29(6-2)33(39)40-8-4)24-36-30(7-3)34-28(23-32(36)38)25-16-13-12-14-17-25/h12-14,16-17,19-23,29H,5-11,15,18,24H2,1-4H3. The van der Waals surface area contributed by atoms with Crippen LogP contribution in [0.5, 0.6) is 0 Å². The molecule has 0 N–H and O–H groups in total. The van der Waals surface area contributed by atoms with Gasteiger partial charge in [-0.05, 0) is 44.0 Å². The van der Waals surface area contributed by atoms with E-state index < -0.39 is 0 Å². The van der Waals surface area contributed by atoms with Crippen LogP contribution >= 0.6 is 11.8 Å². The molecule has 220 valence electrons. The summed E-state index contributed by atoms with van der Waals surface area (Å²) in [7, 11) is 0. The zero-order valence-electron chi connectivity index (χ0n) is 24.8. The van der Waals surface area contributed by atoms with Gasteiger partial charge in [-0.3, -0.25) is 23.9 Å². The van der Waals surface area contributed by atoms with Crippen molar-refractivity contribution < 1.29 is 14.3 Å². The molecule has 0 spiro atoms. The van der Waals surface area contributed by atoms with Gasteiger partial charge in [0.2, 0.25) is 5.91 Å². The molecule has 3 rings (SSSR count). The monoisotopic (exact) mass is 577 g/mol. The number of carbonyl (C=O) groups is 2. The summed E-state index contributed by atoms with van der Waals surface area (Å²) in [5.41, 5.74) is 2.03. The lowest BCUT2D eigenvalue weighted by Gasteiger charge is -2.25. The van der Waals surface area contributed by atoms with Crippen molar-refractivity contribution in [2.75, 3.05) is 11.5 Å². The second-order valence-corrected chi connectivity index (χ2v) is 11.2. The molecular formula is C33H43N3O4S. The molecule has 0 aliphatic carbocycles. The van der Waals surface area contributed by atoms with Crippen molar-refractivity contribution in [3.8, 4) is 11.3 Å². The van der Waals surface area contributed by atoms with Crippen molar-refractivity contribution in [2.45, 2.75) is 95.9 Å². The van der Waals surface area contributed by atoms with Crippen LogP contribution in [0.4, 0.5) is 5.69 Å². The highest BCUT2D eigenvalue weighted by Crippen LogP contribution is 2.29. The maximum atomic E-state index is 13.6. The van der Waals surface area contributed by atoms with E-state index in [-0.39, 0.29) is 29.4 Å². The Hall–Kier alpha value is -3.39. The van der Waals surface area contributed by atoms with Gasteiger partial charge >= 0.3 is 5.97 Å². The Morgan fingerprint density at radius 3 is 2.29 bits per heavy atom. The van der Waals surface area contributed by atoms with E-state index in [4.69, 9.17) is 9.72 Å². The molecule has 1 aromatic heterocycles. The molecule has 0 fully saturated rings. The molecular weight excluding hydrogens is 534 g/mol. The molecule has 1 unspecified atom stereocenters. The predicted octanol–water partition coefficient (Wildman–Crippen LogP) is 7.26. The molecule has 3 aromatic rings. The van der Waals surface area contributed by atoms with Crippen LogP contribution in [0.1, 0.15) is 78.5 Å². The number of anilines is 1.